The second-order valence-corrected chi connectivity index (χ2v) is 9.90. The molecule has 2 aromatic carbocycles. The molecule has 0 amide bonds. The molecule has 6 heteroatoms. The third kappa shape index (κ3) is 5.92. The van der Waals surface area contributed by atoms with Crippen LogP contribution in [0.3, 0.4) is 0 Å². The lowest BCUT2D eigenvalue weighted by Gasteiger charge is -2.17. The monoisotopic (exact) mass is 406 g/mol. The fourth-order valence-electron chi connectivity index (χ4n) is 3.41. The summed E-state index contributed by atoms with van der Waals surface area (Å²) in [6.07, 6.45) is 0.0792. The summed E-state index contributed by atoms with van der Waals surface area (Å²) < 4.78 is 22.5. The Balaban J connectivity index is 2.30. The van der Waals surface area contributed by atoms with E-state index >= 15 is 0 Å². The summed E-state index contributed by atoms with van der Waals surface area (Å²) in [5, 5.41) is 9.06. The number of hydrogen-bond acceptors (Lipinski definition) is 4. The van der Waals surface area contributed by atoms with Gasteiger partial charge in [0.05, 0.1) is 6.16 Å². The lowest BCUT2D eigenvalue weighted by atomic mass is 9.92. The van der Waals surface area contributed by atoms with Gasteiger partial charge in [-0.3, -0.25) is 4.57 Å². The normalized spacial score (nSPS) is 13.6. The molecule has 1 unspecified atom stereocenters. The Morgan fingerprint density at radius 1 is 1.07 bits per heavy atom. The molecule has 0 aromatic heterocycles. The van der Waals surface area contributed by atoms with Crippen LogP contribution in [-0.4, -0.2) is 30.3 Å². The molecule has 0 heterocycles. The summed E-state index contributed by atoms with van der Waals surface area (Å²) in [5.74, 6) is 1.17. The van der Waals surface area contributed by atoms with Gasteiger partial charge >= 0.3 is 0 Å². The first-order chi connectivity index (χ1) is 13.2. The van der Waals surface area contributed by atoms with Crippen LogP contribution in [0, 0.1) is 13.8 Å². The van der Waals surface area contributed by atoms with Crippen LogP contribution in [0.1, 0.15) is 53.1 Å². The van der Waals surface area contributed by atoms with Gasteiger partial charge in [0.1, 0.15) is 12.1 Å². The van der Waals surface area contributed by atoms with E-state index in [1.807, 2.05) is 32.0 Å². The molecule has 0 fully saturated rings. The number of aliphatic hydroxyl groups is 1. The van der Waals surface area contributed by atoms with Crippen molar-refractivity contribution in [1.29, 1.82) is 0 Å². The lowest BCUT2D eigenvalue weighted by molar-refractivity contribution is 0.0502. The number of ether oxygens (including phenoxy) is 2. The van der Waals surface area contributed by atoms with E-state index in [9.17, 15) is 9.46 Å². The third-order valence-electron chi connectivity index (χ3n) is 4.82. The van der Waals surface area contributed by atoms with E-state index in [2.05, 4.69) is 26.0 Å². The van der Waals surface area contributed by atoms with Crippen molar-refractivity contribution in [2.45, 2.75) is 46.2 Å². The number of aliphatic hydroxyl groups excluding tert-OH is 1. The maximum atomic E-state index is 11.8. The molecule has 2 N–H and O–H groups in total. The SMILES string of the molecule is COCOc1ccc(Cc2c(C)cc(CP(=O)(O)CO)cc2C)cc1C(C)C. The first-order valence-electron chi connectivity index (χ1n) is 9.42. The number of hydrogen-bond donors (Lipinski definition) is 2. The summed E-state index contributed by atoms with van der Waals surface area (Å²) in [6.45, 7) is 8.54. The predicted molar refractivity (Wildman–Crippen MR) is 112 cm³/mol. The van der Waals surface area contributed by atoms with E-state index in [-0.39, 0.29) is 13.0 Å². The first-order valence-corrected chi connectivity index (χ1v) is 11.4. The van der Waals surface area contributed by atoms with Gasteiger partial charge in [0, 0.05) is 7.11 Å². The van der Waals surface area contributed by atoms with E-state index in [0.717, 1.165) is 34.4 Å². The molecule has 0 radical (unpaired) electrons. The maximum absolute atomic E-state index is 11.8. The van der Waals surface area contributed by atoms with Crippen LogP contribution in [0.5, 0.6) is 5.75 Å². The number of benzene rings is 2. The Labute approximate surface area is 167 Å². The number of aryl methyl sites for hydroxylation is 2. The molecule has 0 bridgehead atoms. The van der Waals surface area contributed by atoms with Crippen molar-refractivity contribution in [3.63, 3.8) is 0 Å². The molecule has 28 heavy (non-hydrogen) atoms. The van der Waals surface area contributed by atoms with Crippen molar-refractivity contribution in [1.82, 2.24) is 0 Å². The Bertz CT molecular complexity index is 837. The topological polar surface area (TPSA) is 76.0 Å². The Hall–Kier alpha value is -1.65. The van der Waals surface area contributed by atoms with Crippen molar-refractivity contribution in [2.24, 2.45) is 0 Å². The van der Waals surface area contributed by atoms with Crippen molar-refractivity contribution >= 4 is 7.37 Å². The molecule has 0 aliphatic carbocycles. The molecule has 0 aliphatic heterocycles. The van der Waals surface area contributed by atoms with Crippen LogP contribution in [0.15, 0.2) is 30.3 Å². The highest BCUT2D eigenvalue weighted by atomic mass is 31.2. The second kappa shape index (κ2) is 9.71. The highest BCUT2D eigenvalue weighted by molar-refractivity contribution is 7.56. The highest BCUT2D eigenvalue weighted by Crippen LogP contribution is 2.43. The van der Waals surface area contributed by atoms with Crippen LogP contribution in [0.25, 0.3) is 0 Å². The van der Waals surface area contributed by atoms with Crippen molar-refractivity contribution < 1.29 is 24.0 Å². The molecule has 154 valence electrons. The smallest absolute Gasteiger partial charge is 0.229 e. The van der Waals surface area contributed by atoms with Gasteiger partial charge in [-0.2, -0.15) is 0 Å². The molecule has 0 saturated carbocycles. The molecule has 0 saturated heterocycles. The van der Waals surface area contributed by atoms with E-state index in [1.54, 1.807) is 7.11 Å². The van der Waals surface area contributed by atoms with Crippen LogP contribution in [0.2, 0.25) is 0 Å². The second-order valence-electron chi connectivity index (χ2n) is 7.61. The number of rotatable bonds is 9. The highest BCUT2D eigenvalue weighted by Gasteiger charge is 2.19. The molecule has 1 atom stereocenters. The van der Waals surface area contributed by atoms with Gasteiger partial charge in [-0.1, -0.05) is 38.1 Å². The fraction of sp³-hybridized carbons (Fsp3) is 0.455. The third-order valence-corrected chi connectivity index (χ3v) is 6.12. The van der Waals surface area contributed by atoms with Gasteiger partial charge in [-0.25, -0.2) is 0 Å². The lowest BCUT2D eigenvalue weighted by Crippen LogP contribution is -2.04. The average molecular weight is 406 g/mol. The van der Waals surface area contributed by atoms with Crippen molar-refractivity contribution in [3.8, 4) is 5.75 Å². The summed E-state index contributed by atoms with van der Waals surface area (Å²) >= 11 is 0. The van der Waals surface area contributed by atoms with Crippen LogP contribution in [0.4, 0.5) is 0 Å². The molecule has 5 nitrogen and oxygen atoms in total. The summed E-state index contributed by atoms with van der Waals surface area (Å²) in [4.78, 5) is 9.72. The molecular weight excluding hydrogens is 375 g/mol. The number of methoxy groups -OCH3 is 1. The van der Waals surface area contributed by atoms with Crippen LogP contribution >= 0.6 is 7.37 Å². The van der Waals surface area contributed by atoms with Crippen molar-refractivity contribution in [2.75, 3.05) is 20.3 Å². The molecular formula is C22H31O5P. The molecule has 0 aliphatic rings. The van der Waals surface area contributed by atoms with E-state index in [0.29, 0.717) is 5.92 Å². The minimum Gasteiger partial charge on any atom is -0.467 e. The minimum atomic E-state index is -3.52. The van der Waals surface area contributed by atoms with Gasteiger partial charge in [-0.15, -0.1) is 0 Å². The van der Waals surface area contributed by atoms with Crippen LogP contribution < -0.4 is 4.74 Å². The van der Waals surface area contributed by atoms with Gasteiger partial charge in [0.15, 0.2) is 6.79 Å². The Kier molecular flexibility index (Phi) is 7.85. The quantitative estimate of drug-likeness (QED) is 0.465. The zero-order valence-corrected chi connectivity index (χ0v) is 18.3. The van der Waals surface area contributed by atoms with Gasteiger partial charge in [0.25, 0.3) is 0 Å². The maximum Gasteiger partial charge on any atom is 0.229 e. The molecule has 0 spiro atoms. The first kappa shape index (κ1) is 22.6. The Morgan fingerprint density at radius 3 is 2.25 bits per heavy atom. The minimum absolute atomic E-state index is 0.00546. The van der Waals surface area contributed by atoms with Gasteiger partial charge in [-0.05, 0) is 65.6 Å². The predicted octanol–water partition coefficient (Wildman–Crippen LogP) is 4.72. The Morgan fingerprint density at radius 2 is 1.71 bits per heavy atom. The standard InChI is InChI=1S/C22H31O5P/c1-15(2)20-10-18(6-7-22(20)27-14-26-5)11-21-16(3)8-19(9-17(21)4)12-28(24,25)13-23/h6-10,15,23H,11-14H2,1-5H3,(H,24,25). The van der Waals surface area contributed by atoms with E-state index < -0.39 is 13.7 Å². The molecule has 2 aromatic rings. The van der Waals surface area contributed by atoms with Gasteiger partial charge < -0.3 is 19.5 Å². The summed E-state index contributed by atoms with van der Waals surface area (Å²) in [7, 11) is -1.91. The van der Waals surface area contributed by atoms with Gasteiger partial charge in [0.2, 0.25) is 7.37 Å². The van der Waals surface area contributed by atoms with Crippen LogP contribution in [-0.2, 0) is 21.9 Å². The average Bonchev–Trinajstić information content (AvgIpc) is 2.63. The largest absolute Gasteiger partial charge is 0.467 e. The summed E-state index contributed by atoms with van der Waals surface area (Å²) in [6, 6.07) is 10.1. The zero-order valence-electron chi connectivity index (χ0n) is 17.4. The molecule has 2 rings (SSSR count). The summed E-state index contributed by atoms with van der Waals surface area (Å²) in [5.41, 5.74) is 6.49. The van der Waals surface area contributed by atoms with E-state index in [4.69, 9.17) is 14.6 Å². The van der Waals surface area contributed by atoms with Crippen molar-refractivity contribution in [3.05, 3.63) is 63.7 Å². The fourth-order valence-corrected chi connectivity index (χ4v) is 4.26. The zero-order chi connectivity index (χ0) is 20.9. The van der Waals surface area contributed by atoms with E-state index in [1.165, 1.54) is 11.1 Å².